The highest BCUT2D eigenvalue weighted by Gasteiger charge is 2.26. The second-order valence-corrected chi connectivity index (χ2v) is 5.22. The van der Waals surface area contributed by atoms with Crippen LogP contribution in [0.2, 0.25) is 0 Å². The van der Waals surface area contributed by atoms with Crippen LogP contribution < -0.4 is 5.32 Å². The summed E-state index contributed by atoms with van der Waals surface area (Å²) < 4.78 is 1.60. The number of carbonyl (C=O) groups is 1. The molecule has 0 radical (unpaired) electrons. The van der Waals surface area contributed by atoms with Crippen molar-refractivity contribution in [2.24, 2.45) is 7.05 Å². The summed E-state index contributed by atoms with van der Waals surface area (Å²) in [6, 6.07) is 8.37. The average Bonchev–Trinajstić information content (AvgIpc) is 2.65. The summed E-state index contributed by atoms with van der Waals surface area (Å²) in [6.07, 6.45) is 1.04. The Hall–Kier alpha value is -2.30. The van der Waals surface area contributed by atoms with E-state index < -0.39 is 5.97 Å². The Morgan fingerprint density at radius 1 is 1.50 bits per heavy atom. The number of fused-ring (bicyclic) bond motifs is 1. The molecule has 1 aliphatic carbocycles. The third-order valence-corrected chi connectivity index (χ3v) is 3.91. The normalized spacial score (nSPS) is 16.4. The molecule has 0 amide bonds. The number of benzene rings is 1. The Bertz CT molecular complexity index is 676. The van der Waals surface area contributed by atoms with Gasteiger partial charge in [-0.1, -0.05) is 24.3 Å². The Labute approximate surface area is 117 Å². The van der Waals surface area contributed by atoms with E-state index in [2.05, 4.69) is 28.6 Å². The lowest BCUT2D eigenvalue weighted by molar-refractivity contribution is 0.0697. The van der Waals surface area contributed by atoms with Crippen LogP contribution >= 0.6 is 0 Å². The van der Waals surface area contributed by atoms with Crippen molar-refractivity contribution in [2.75, 3.05) is 11.9 Å². The zero-order valence-electron chi connectivity index (χ0n) is 11.6. The first-order valence-electron chi connectivity index (χ1n) is 6.66. The molecule has 2 N–H and O–H groups in total. The van der Waals surface area contributed by atoms with Gasteiger partial charge in [0.05, 0.1) is 5.69 Å². The largest absolute Gasteiger partial charge is 0.477 e. The van der Waals surface area contributed by atoms with Gasteiger partial charge in [0.25, 0.3) is 0 Å². The van der Waals surface area contributed by atoms with E-state index in [-0.39, 0.29) is 5.56 Å². The number of hydrogen-bond acceptors (Lipinski definition) is 3. The molecule has 0 saturated heterocycles. The third kappa shape index (κ3) is 1.95. The molecule has 1 heterocycles. The first kappa shape index (κ1) is 12.7. The zero-order valence-corrected chi connectivity index (χ0v) is 11.6. The molecule has 1 aromatic carbocycles. The Morgan fingerprint density at radius 2 is 2.25 bits per heavy atom. The Morgan fingerprint density at radius 3 is 2.95 bits per heavy atom. The number of carboxylic acid groups (broad SMARTS) is 1. The first-order chi connectivity index (χ1) is 9.58. The molecule has 1 aliphatic rings. The Balaban J connectivity index is 1.76. The van der Waals surface area contributed by atoms with Gasteiger partial charge in [0.1, 0.15) is 11.4 Å². The summed E-state index contributed by atoms with van der Waals surface area (Å²) in [5.74, 6) is 0.0922. The van der Waals surface area contributed by atoms with E-state index >= 15 is 0 Å². The lowest BCUT2D eigenvalue weighted by atomic mass is 9.77. The van der Waals surface area contributed by atoms with Gasteiger partial charge in [-0.25, -0.2) is 4.79 Å². The minimum absolute atomic E-state index is 0.264. The van der Waals surface area contributed by atoms with Crippen LogP contribution in [-0.2, 0) is 13.5 Å². The fourth-order valence-corrected chi connectivity index (χ4v) is 2.88. The highest BCUT2D eigenvalue weighted by molar-refractivity contribution is 5.94. The minimum Gasteiger partial charge on any atom is -0.477 e. The van der Waals surface area contributed by atoms with E-state index in [1.807, 2.05) is 6.07 Å². The predicted molar refractivity (Wildman–Crippen MR) is 76.3 cm³/mol. The van der Waals surface area contributed by atoms with Crippen molar-refractivity contribution in [3.63, 3.8) is 0 Å². The monoisotopic (exact) mass is 271 g/mol. The molecule has 2 aromatic rings. The van der Waals surface area contributed by atoms with Crippen molar-refractivity contribution in [2.45, 2.75) is 19.3 Å². The van der Waals surface area contributed by atoms with Gasteiger partial charge >= 0.3 is 5.97 Å². The Kier molecular flexibility index (Phi) is 2.97. The fourth-order valence-electron chi connectivity index (χ4n) is 2.88. The van der Waals surface area contributed by atoms with Gasteiger partial charge in [-0.3, -0.25) is 4.68 Å². The molecule has 0 spiro atoms. The SMILES string of the molecule is Cc1nn(C)c(NCC2Cc3ccccc32)c1C(=O)O. The molecule has 0 bridgehead atoms. The van der Waals surface area contributed by atoms with E-state index in [0.717, 1.165) is 13.0 Å². The van der Waals surface area contributed by atoms with Crippen LogP contribution in [0, 0.1) is 6.92 Å². The summed E-state index contributed by atoms with van der Waals surface area (Å²) in [5.41, 5.74) is 3.55. The molecule has 104 valence electrons. The van der Waals surface area contributed by atoms with Crippen molar-refractivity contribution in [3.8, 4) is 0 Å². The summed E-state index contributed by atoms with van der Waals surface area (Å²) in [7, 11) is 1.76. The number of nitrogens with zero attached hydrogens (tertiary/aromatic N) is 2. The summed E-state index contributed by atoms with van der Waals surface area (Å²) in [6.45, 7) is 2.45. The van der Waals surface area contributed by atoms with Gasteiger partial charge in [-0.2, -0.15) is 5.10 Å². The standard InChI is InChI=1S/C15H17N3O2/c1-9-13(15(19)20)14(18(2)17-9)16-8-11-7-10-5-3-4-6-12(10)11/h3-6,11,16H,7-8H2,1-2H3,(H,19,20). The number of anilines is 1. The molecule has 0 saturated carbocycles. The van der Waals surface area contributed by atoms with Gasteiger partial charge in [0.2, 0.25) is 0 Å². The number of carboxylic acids is 1. The van der Waals surface area contributed by atoms with Crippen LogP contribution in [-0.4, -0.2) is 27.4 Å². The number of hydrogen-bond donors (Lipinski definition) is 2. The molecule has 20 heavy (non-hydrogen) atoms. The molecule has 5 nitrogen and oxygen atoms in total. The molecule has 1 unspecified atom stereocenters. The molecule has 1 aromatic heterocycles. The van der Waals surface area contributed by atoms with Crippen LogP contribution in [0.5, 0.6) is 0 Å². The van der Waals surface area contributed by atoms with Crippen LogP contribution in [0.4, 0.5) is 5.82 Å². The maximum Gasteiger partial charge on any atom is 0.341 e. The van der Waals surface area contributed by atoms with E-state index in [1.165, 1.54) is 11.1 Å². The molecule has 3 rings (SSSR count). The number of aromatic nitrogens is 2. The van der Waals surface area contributed by atoms with E-state index in [4.69, 9.17) is 0 Å². The number of aryl methyl sites for hydroxylation is 2. The molecule has 5 heteroatoms. The lowest BCUT2D eigenvalue weighted by Gasteiger charge is -2.30. The fraction of sp³-hybridized carbons (Fsp3) is 0.333. The molecule has 0 fully saturated rings. The number of nitrogens with one attached hydrogen (secondary N) is 1. The second kappa shape index (κ2) is 4.67. The van der Waals surface area contributed by atoms with E-state index in [1.54, 1.807) is 18.7 Å². The van der Waals surface area contributed by atoms with Crippen molar-refractivity contribution in [1.82, 2.24) is 9.78 Å². The topological polar surface area (TPSA) is 67.2 Å². The maximum atomic E-state index is 11.3. The van der Waals surface area contributed by atoms with Crippen LogP contribution in [0.1, 0.15) is 33.1 Å². The zero-order chi connectivity index (χ0) is 14.3. The number of aromatic carboxylic acids is 1. The quantitative estimate of drug-likeness (QED) is 0.894. The second-order valence-electron chi connectivity index (χ2n) is 5.22. The van der Waals surface area contributed by atoms with Gasteiger partial charge in [0, 0.05) is 19.5 Å². The van der Waals surface area contributed by atoms with Gasteiger partial charge < -0.3 is 10.4 Å². The molecule has 0 aliphatic heterocycles. The van der Waals surface area contributed by atoms with Gasteiger partial charge in [-0.15, -0.1) is 0 Å². The van der Waals surface area contributed by atoms with Crippen molar-refractivity contribution in [3.05, 3.63) is 46.6 Å². The predicted octanol–water partition coefficient (Wildman–Crippen LogP) is 2.18. The summed E-state index contributed by atoms with van der Waals surface area (Å²) in [5, 5.41) is 16.7. The smallest absolute Gasteiger partial charge is 0.341 e. The molecular weight excluding hydrogens is 254 g/mol. The maximum absolute atomic E-state index is 11.3. The first-order valence-corrected chi connectivity index (χ1v) is 6.66. The summed E-state index contributed by atoms with van der Waals surface area (Å²) >= 11 is 0. The van der Waals surface area contributed by atoms with Crippen LogP contribution in [0.25, 0.3) is 0 Å². The van der Waals surface area contributed by atoms with Crippen molar-refractivity contribution >= 4 is 11.8 Å². The van der Waals surface area contributed by atoms with E-state index in [0.29, 0.717) is 17.4 Å². The van der Waals surface area contributed by atoms with Crippen molar-refractivity contribution in [1.29, 1.82) is 0 Å². The molecule has 1 atom stereocenters. The van der Waals surface area contributed by atoms with E-state index in [9.17, 15) is 9.90 Å². The van der Waals surface area contributed by atoms with Crippen LogP contribution in [0.3, 0.4) is 0 Å². The van der Waals surface area contributed by atoms with Crippen LogP contribution in [0.15, 0.2) is 24.3 Å². The molecular formula is C15H17N3O2. The van der Waals surface area contributed by atoms with Gasteiger partial charge in [0.15, 0.2) is 0 Å². The summed E-state index contributed by atoms with van der Waals surface area (Å²) in [4.78, 5) is 11.3. The lowest BCUT2D eigenvalue weighted by Crippen LogP contribution is -2.25. The van der Waals surface area contributed by atoms with Gasteiger partial charge in [-0.05, 0) is 24.5 Å². The minimum atomic E-state index is -0.938. The highest BCUT2D eigenvalue weighted by atomic mass is 16.4. The average molecular weight is 271 g/mol. The van der Waals surface area contributed by atoms with Crippen molar-refractivity contribution < 1.29 is 9.90 Å². The highest BCUT2D eigenvalue weighted by Crippen LogP contribution is 2.35. The number of rotatable bonds is 4. The third-order valence-electron chi connectivity index (χ3n) is 3.91.